The quantitative estimate of drug-likeness (QED) is 0.473. The Kier molecular flexibility index (Phi) is 6.76. The molecule has 1 amide bonds. The molecule has 0 saturated carbocycles. The molecule has 1 spiro atoms. The first kappa shape index (κ1) is 26.4. The molecule has 200 valence electrons. The van der Waals surface area contributed by atoms with Gasteiger partial charge in [0, 0.05) is 41.0 Å². The lowest BCUT2D eigenvalue weighted by Gasteiger charge is -2.42. The zero-order valence-corrected chi connectivity index (χ0v) is 22.3. The number of alkyl halides is 2. The number of piperidine rings is 1. The summed E-state index contributed by atoms with van der Waals surface area (Å²) >= 11 is -0.268. The van der Waals surface area contributed by atoms with Gasteiger partial charge in [-0.15, -0.1) is 4.72 Å². The number of rotatable bonds is 5. The van der Waals surface area contributed by atoms with E-state index in [1.165, 1.54) is 12.3 Å². The third kappa shape index (κ3) is 4.85. The zero-order chi connectivity index (χ0) is 26.6. The first-order valence-corrected chi connectivity index (χ1v) is 13.9. The Morgan fingerprint density at radius 3 is 2.73 bits per heavy atom. The molecule has 3 aliphatic heterocycles. The summed E-state index contributed by atoms with van der Waals surface area (Å²) in [6.45, 7) is 8.35. The molecule has 37 heavy (non-hydrogen) atoms. The highest BCUT2D eigenvalue weighted by atomic mass is 32.2. The van der Waals surface area contributed by atoms with Crippen LogP contribution in [0.4, 0.5) is 26.2 Å². The lowest BCUT2D eigenvalue weighted by molar-refractivity contribution is -0.139. The molecular weight excluding hydrogens is 524 g/mol. The maximum absolute atomic E-state index is 14.4. The maximum Gasteiger partial charge on any atom is 0.354 e. The van der Waals surface area contributed by atoms with Crippen LogP contribution >= 0.6 is 11.8 Å². The number of halogens is 2. The topological polar surface area (TPSA) is 141 Å². The number of pyridine rings is 1. The van der Waals surface area contributed by atoms with Crippen molar-refractivity contribution in [2.75, 3.05) is 42.3 Å². The molecule has 3 aliphatic rings. The predicted molar refractivity (Wildman–Crippen MR) is 137 cm³/mol. The second-order valence-corrected chi connectivity index (χ2v) is 13.5. The van der Waals surface area contributed by atoms with E-state index in [1.54, 1.807) is 6.20 Å². The maximum atomic E-state index is 14.4. The summed E-state index contributed by atoms with van der Waals surface area (Å²) in [5.74, 6) is -4.55. The van der Waals surface area contributed by atoms with E-state index >= 15 is 0 Å². The van der Waals surface area contributed by atoms with E-state index in [2.05, 4.69) is 29.9 Å². The standard InChI is InChI=1S/C23H29F2N7O3S2/c1-21(2,3)37(34)31-14-11-35-12-22(14)5-8-32(9-6-22)15-10-28-19(17(26)29-15)36-13-4-7-27-18-16(13)23(24,25)20(33)30-18/h4,7,10,14,31H,5-6,8-9,11-12H2,1-3H3,(H2,26,29)(H,27,30,33)/t14-,37?/m1/s1. The van der Waals surface area contributed by atoms with Crippen LogP contribution in [0.15, 0.2) is 28.4 Å². The largest absolute Gasteiger partial charge is 0.598 e. The molecule has 2 saturated heterocycles. The molecule has 2 fully saturated rings. The van der Waals surface area contributed by atoms with E-state index in [0.29, 0.717) is 32.1 Å². The minimum atomic E-state index is -3.69. The van der Waals surface area contributed by atoms with Crippen molar-refractivity contribution in [1.29, 1.82) is 0 Å². The summed E-state index contributed by atoms with van der Waals surface area (Å²) in [6, 6.07) is 1.41. The average molecular weight is 554 g/mol. The van der Waals surface area contributed by atoms with Crippen LogP contribution in [-0.2, 0) is 26.8 Å². The molecule has 5 heterocycles. The molecule has 2 aromatic rings. The number of aromatic nitrogens is 3. The molecule has 0 aliphatic carbocycles. The van der Waals surface area contributed by atoms with Crippen LogP contribution in [0.5, 0.6) is 0 Å². The van der Waals surface area contributed by atoms with Crippen LogP contribution in [0.25, 0.3) is 0 Å². The molecule has 4 N–H and O–H groups in total. The Balaban J connectivity index is 1.27. The number of nitrogens with one attached hydrogen (secondary N) is 2. The predicted octanol–water partition coefficient (Wildman–Crippen LogP) is 2.69. The Bertz CT molecular complexity index is 1210. The van der Waals surface area contributed by atoms with Gasteiger partial charge in [-0.3, -0.25) is 4.79 Å². The van der Waals surface area contributed by atoms with Gasteiger partial charge in [0.2, 0.25) is 0 Å². The van der Waals surface area contributed by atoms with Gasteiger partial charge in [0.15, 0.2) is 5.82 Å². The van der Waals surface area contributed by atoms with Gasteiger partial charge < -0.3 is 25.2 Å². The fraction of sp³-hybridized carbons (Fsp3) is 0.565. The van der Waals surface area contributed by atoms with Crippen molar-refractivity contribution < 1.29 is 22.9 Å². The van der Waals surface area contributed by atoms with Gasteiger partial charge in [0.1, 0.15) is 21.4 Å². The van der Waals surface area contributed by atoms with Crippen molar-refractivity contribution in [2.24, 2.45) is 5.41 Å². The first-order valence-electron chi connectivity index (χ1n) is 11.9. The highest BCUT2D eigenvalue weighted by Crippen LogP contribution is 2.46. The minimum Gasteiger partial charge on any atom is -0.598 e. The van der Waals surface area contributed by atoms with Gasteiger partial charge >= 0.3 is 11.8 Å². The smallest absolute Gasteiger partial charge is 0.354 e. The molecule has 0 bridgehead atoms. The van der Waals surface area contributed by atoms with Crippen LogP contribution in [0.2, 0.25) is 0 Å². The van der Waals surface area contributed by atoms with Gasteiger partial charge in [-0.2, -0.15) is 8.78 Å². The molecule has 14 heteroatoms. The minimum absolute atomic E-state index is 0.00577. The number of hydrogen-bond donors (Lipinski definition) is 3. The summed E-state index contributed by atoms with van der Waals surface area (Å²) < 4.78 is 50.2. The van der Waals surface area contributed by atoms with Crippen molar-refractivity contribution in [3.05, 3.63) is 24.0 Å². The summed E-state index contributed by atoms with van der Waals surface area (Å²) in [4.78, 5) is 26.6. The van der Waals surface area contributed by atoms with Gasteiger partial charge in [-0.05, 0) is 39.7 Å². The Labute approximate surface area is 220 Å². The normalized spacial score (nSPS) is 23.2. The average Bonchev–Trinajstić information content (AvgIpc) is 3.32. The Hall–Kier alpha value is -2.26. The summed E-state index contributed by atoms with van der Waals surface area (Å²) in [5.41, 5.74) is 5.59. The van der Waals surface area contributed by atoms with Crippen LogP contribution in [0.3, 0.4) is 0 Å². The molecule has 2 atom stereocenters. The molecule has 10 nitrogen and oxygen atoms in total. The highest BCUT2D eigenvalue weighted by molar-refractivity contribution is 7.99. The van der Waals surface area contributed by atoms with Gasteiger partial charge in [0.05, 0.1) is 31.0 Å². The number of ether oxygens (including phenoxy) is 1. The van der Waals surface area contributed by atoms with Crippen LogP contribution in [0, 0.1) is 5.41 Å². The zero-order valence-electron chi connectivity index (χ0n) is 20.7. The molecule has 0 aromatic carbocycles. The summed E-state index contributed by atoms with van der Waals surface area (Å²) in [7, 11) is 0. The van der Waals surface area contributed by atoms with Crippen molar-refractivity contribution in [3.8, 4) is 0 Å². The summed E-state index contributed by atoms with van der Waals surface area (Å²) in [5, 5.41) is 2.37. The monoisotopic (exact) mass is 553 g/mol. The van der Waals surface area contributed by atoms with E-state index in [4.69, 9.17) is 10.5 Å². The molecule has 1 unspecified atom stereocenters. The lowest BCUT2D eigenvalue weighted by Crippen LogP contribution is -2.55. The van der Waals surface area contributed by atoms with Crippen molar-refractivity contribution in [1.82, 2.24) is 19.7 Å². The highest BCUT2D eigenvalue weighted by Gasteiger charge is 2.51. The number of carbonyl (C=O) groups excluding carboxylic acids is 1. The second kappa shape index (κ2) is 9.49. The van der Waals surface area contributed by atoms with Gasteiger partial charge in [0.25, 0.3) is 0 Å². The van der Waals surface area contributed by atoms with E-state index in [-0.39, 0.29) is 37.8 Å². The first-order chi connectivity index (χ1) is 17.4. The van der Waals surface area contributed by atoms with Crippen LogP contribution in [0.1, 0.15) is 39.2 Å². The number of amides is 1. The van der Waals surface area contributed by atoms with Crippen LogP contribution in [-0.4, -0.2) is 62.5 Å². The number of nitrogens with two attached hydrogens (primary N) is 1. The van der Waals surface area contributed by atoms with Gasteiger partial charge in [-0.25, -0.2) is 15.0 Å². The van der Waals surface area contributed by atoms with Crippen molar-refractivity contribution >= 4 is 46.5 Å². The molecular formula is C23H29F2N7O3S2. The van der Waals surface area contributed by atoms with Crippen molar-refractivity contribution in [2.45, 2.75) is 60.2 Å². The number of hydrogen-bond acceptors (Lipinski definition) is 10. The fourth-order valence-corrected chi connectivity index (χ4v) is 6.59. The third-order valence-corrected chi connectivity index (χ3v) is 9.68. The summed E-state index contributed by atoms with van der Waals surface area (Å²) in [6.07, 6.45) is 4.57. The fourth-order valence-electron chi connectivity index (χ4n) is 4.74. The van der Waals surface area contributed by atoms with E-state index < -0.39 is 28.8 Å². The number of nitrogens with zero attached hydrogens (tertiary/aromatic N) is 4. The molecule has 0 radical (unpaired) electrons. The Morgan fingerprint density at radius 1 is 1.32 bits per heavy atom. The van der Waals surface area contributed by atoms with Gasteiger partial charge in [-0.1, -0.05) is 11.8 Å². The van der Waals surface area contributed by atoms with E-state index in [9.17, 15) is 18.1 Å². The SMILES string of the molecule is CC(C)(C)[S+]([O-])N[C@@H]1COCC12CCN(c1cnc(Sc3ccnc4c3C(F)(F)C(=O)N4)c(N)n1)CC2. The third-order valence-electron chi connectivity index (χ3n) is 7.00. The molecule has 2 aromatic heterocycles. The lowest BCUT2D eigenvalue weighted by atomic mass is 9.75. The van der Waals surface area contributed by atoms with Crippen molar-refractivity contribution in [3.63, 3.8) is 0 Å². The number of carbonyl (C=O) groups is 1. The number of anilines is 3. The van der Waals surface area contributed by atoms with E-state index in [0.717, 1.165) is 24.6 Å². The Morgan fingerprint density at radius 2 is 2.05 bits per heavy atom. The van der Waals surface area contributed by atoms with Crippen LogP contribution < -0.4 is 20.7 Å². The molecule has 5 rings (SSSR count). The van der Waals surface area contributed by atoms with E-state index in [1.807, 2.05) is 20.8 Å². The second-order valence-electron chi connectivity index (χ2n) is 10.5. The number of nitrogen functional groups attached to an aromatic ring is 1. The number of fused-ring (bicyclic) bond motifs is 1.